The van der Waals surface area contributed by atoms with Crippen LogP contribution in [0, 0.1) is 12.7 Å². The lowest BCUT2D eigenvalue weighted by Crippen LogP contribution is -2.30. The first-order chi connectivity index (χ1) is 14.5. The van der Waals surface area contributed by atoms with Crippen molar-refractivity contribution in [1.82, 2.24) is 9.88 Å². The summed E-state index contributed by atoms with van der Waals surface area (Å²) in [5.41, 5.74) is 3.67. The minimum atomic E-state index is -0.456. The van der Waals surface area contributed by atoms with Crippen LogP contribution >= 0.6 is 0 Å². The van der Waals surface area contributed by atoms with E-state index >= 15 is 0 Å². The van der Waals surface area contributed by atoms with Crippen LogP contribution in [0.4, 0.5) is 4.39 Å². The number of benzene rings is 3. The normalized spacial score (nSPS) is 10.9. The summed E-state index contributed by atoms with van der Waals surface area (Å²) in [6.07, 6.45) is 0. The van der Waals surface area contributed by atoms with Crippen LogP contribution < -0.4 is 4.74 Å². The summed E-state index contributed by atoms with van der Waals surface area (Å²) >= 11 is 0. The second-order valence-corrected chi connectivity index (χ2v) is 7.10. The SMILES string of the molecule is COc1ccc(CN(Cc2nc3cc(C)ccc3o2)C(=O)c2cccc(F)c2)cc1. The third-order valence-electron chi connectivity index (χ3n) is 4.80. The molecule has 0 saturated carbocycles. The smallest absolute Gasteiger partial charge is 0.254 e. The van der Waals surface area contributed by atoms with Crippen LogP contribution in [0.1, 0.15) is 27.4 Å². The number of halogens is 1. The number of carbonyl (C=O) groups excluding carboxylic acids is 1. The molecule has 1 heterocycles. The number of ether oxygens (including phenoxy) is 1. The van der Waals surface area contributed by atoms with Crippen molar-refractivity contribution in [3.8, 4) is 5.75 Å². The highest BCUT2D eigenvalue weighted by molar-refractivity contribution is 5.94. The van der Waals surface area contributed by atoms with E-state index in [4.69, 9.17) is 9.15 Å². The van der Waals surface area contributed by atoms with Crippen LogP contribution in [0.3, 0.4) is 0 Å². The third kappa shape index (κ3) is 4.33. The molecule has 0 aliphatic carbocycles. The lowest BCUT2D eigenvalue weighted by Gasteiger charge is -2.21. The minimum Gasteiger partial charge on any atom is -0.497 e. The summed E-state index contributed by atoms with van der Waals surface area (Å²) in [6, 6.07) is 18.9. The zero-order chi connectivity index (χ0) is 21.1. The van der Waals surface area contributed by atoms with Gasteiger partial charge in [0, 0.05) is 12.1 Å². The Kier molecular flexibility index (Phi) is 5.48. The highest BCUT2D eigenvalue weighted by Crippen LogP contribution is 2.21. The van der Waals surface area contributed by atoms with E-state index in [0.29, 0.717) is 18.0 Å². The van der Waals surface area contributed by atoms with Gasteiger partial charge in [-0.1, -0.05) is 24.3 Å². The van der Waals surface area contributed by atoms with Gasteiger partial charge in [-0.15, -0.1) is 0 Å². The van der Waals surface area contributed by atoms with E-state index in [2.05, 4.69) is 4.98 Å². The largest absolute Gasteiger partial charge is 0.497 e. The predicted molar refractivity (Wildman–Crippen MR) is 112 cm³/mol. The summed E-state index contributed by atoms with van der Waals surface area (Å²) in [6.45, 7) is 2.46. The summed E-state index contributed by atoms with van der Waals surface area (Å²) in [5.74, 6) is 0.399. The van der Waals surface area contributed by atoms with Gasteiger partial charge in [0.2, 0.25) is 5.89 Å². The van der Waals surface area contributed by atoms with Gasteiger partial charge in [0.15, 0.2) is 5.58 Å². The van der Waals surface area contributed by atoms with Crippen LogP contribution in [0.25, 0.3) is 11.1 Å². The van der Waals surface area contributed by atoms with E-state index in [-0.39, 0.29) is 18.0 Å². The first-order valence-corrected chi connectivity index (χ1v) is 9.55. The van der Waals surface area contributed by atoms with Crippen molar-refractivity contribution in [2.45, 2.75) is 20.0 Å². The Morgan fingerprint density at radius 2 is 1.87 bits per heavy atom. The number of hydrogen-bond acceptors (Lipinski definition) is 4. The molecule has 0 atom stereocenters. The summed E-state index contributed by atoms with van der Waals surface area (Å²) in [5, 5.41) is 0. The van der Waals surface area contributed by atoms with Crippen molar-refractivity contribution in [2.24, 2.45) is 0 Å². The van der Waals surface area contributed by atoms with Crippen molar-refractivity contribution >= 4 is 17.0 Å². The summed E-state index contributed by atoms with van der Waals surface area (Å²) < 4.78 is 24.7. The van der Waals surface area contributed by atoms with Crippen molar-refractivity contribution in [3.63, 3.8) is 0 Å². The van der Waals surface area contributed by atoms with E-state index in [1.54, 1.807) is 18.1 Å². The topological polar surface area (TPSA) is 55.6 Å². The van der Waals surface area contributed by atoms with Gasteiger partial charge in [0.1, 0.15) is 17.1 Å². The van der Waals surface area contributed by atoms with Crippen LogP contribution in [0.15, 0.2) is 71.1 Å². The number of carbonyl (C=O) groups is 1. The molecular formula is C24H21FN2O3. The van der Waals surface area contributed by atoms with E-state index < -0.39 is 5.82 Å². The fraction of sp³-hybridized carbons (Fsp3) is 0.167. The van der Waals surface area contributed by atoms with Crippen LogP contribution in [-0.4, -0.2) is 22.9 Å². The number of aryl methyl sites for hydroxylation is 1. The molecule has 3 aromatic carbocycles. The summed E-state index contributed by atoms with van der Waals surface area (Å²) in [4.78, 5) is 19.3. The Bertz CT molecular complexity index is 1180. The molecule has 30 heavy (non-hydrogen) atoms. The van der Waals surface area contributed by atoms with Crippen LogP contribution in [0.5, 0.6) is 5.75 Å². The Balaban J connectivity index is 1.64. The molecule has 0 saturated heterocycles. The fourth-order valence-corrected chi connectivity index (χ4v) is 3.27. The third-order valence-corrected chi connectivity index (χ3v) is 4.80. The molecule has 0 unspecified atom stereocenters. The Morgan fingerprint density at radius 1 is 1.07 bits per heavy atom. The number of aromatic nitrogens is 1. The van der Waals surface area contributed by atoms with Gasteiger partial charge in [-0.05, 0) is 60.5 Å². The van der Waals surface area contributed by atoms with Gasteiger partial charge < -0.3 is 14.1 Å². The average molecular weight is 404 g/mol. The van der Waals surface area contributed by atoms with Crippen LogP contribution in [-0.2, 0) is 13.1 Å². The second kappa shape index (κ2) is 8.37. The molecule has 1 amide bonds. The molecular weight excluding hydrogens is 383 g/mol. The maximum Gasteiger partial charge on any atom is 0.254 e. The van der Waals surface area contributed by atoms with Gasteiger partial charge >= 0.3 is 0 Å². The molecule has 4 rings (SSSR count). The van der Waals surface area contributed by atoms with Gasteiger partial charge in [-0.3, -0.25) is 4.79 Å². The number of amides is 1. The zero-order valence-electron chi connectivity index (χ0n) is 16.8. The number of fused-ring (bicyclic) bond motifs is 1. The molecule has 0 N–H and O–H groups in total. The maximum atomic E-state index is 13.7. The average Bonchev–Trinajstić information content (AvgIpc) is 3.14. The highest BCUT2D eigenvalue weighted by Gasteiger charge is 2.20. The number of oxazole rings is 1. The molecule has 0 radical (unpaired) electrons. The molecule has 4 aromatic rings. The van der Waals surface area contributed by atoms with Gasteiger partial charge in [-0.25, -0.2) is 9.37 Å². The predicted octanol–water partition coefficient (Wildman–Crippen LogP) is 5.13. The molecule has 5 nitrogen and oxygen atoms in total. The minimum absolute atomic E-state index is 0.162. The van der Waals surface area contributed by atoms with Crippen LogP contribution in [0.2, 0.25) is 0 Å². The van der Waals surface area contributed by atoms with E-state index in [0.717, 1.165) is 22.4 Å². The molecule has 0 spiro atoms. The highest BCUT2D eigenvalue weighted by atomic mass is 19.1. The second-order valence-electron chi connectivity index (χ2n) is 7.10. The Labute approximate surface area is 173 Å². The molecule has 1 aromatic heterocycles. The monoisotopic (exact) mass is 404 g/mol. The van der Waals surface area contributed by atoms with E-state index in [9.17, 15) is 9.18 Å². The first kappa shape index (κ1) is 19.6. The molecule has 0 fully saturated rings. The molecule has 0 aliphatic heterocycles. The standard InChI is InChI=1S/C24H21FN2O3/c1-16-6-11-22-21(12-16)26-23(30-22)15-27(14-17-7-9-20(29-2)10-8-17)24(28)18-4-3-5-19(25)13-18/h3-13H,14-15H2,1-2H3. The molecule has 152 valence electrons. The Morgan fingerprint density at radius 3 is 2.60 bits per heavy atom. The van der Waals surface area contributed by atoms with Crippen molar-refractivity contribution in [2.75, 3.05) is 7.11 Å². The summed E-state index contributed by atoms with van der Waals surface area (Å²) in [7, 11) is 1.60. The van der Waals surface area contributed by atoms with E-state index in [1.165, 1.54) is 18.2 Å². The zero-order valence-corrected chi connectivity index (χ0v) is 16.8. The molecule has 6 heteroatoms. The number of rotatable bonds is 6. The van der Waals surface area contributed by atoms with Gasteiger partial charge in [0.25, 0.3) is 5.91 Å². The Hall–Kier alpha value is -3.67. The van der Waals surface area contributed by atoms with Crippen molar-refractivity contribution in [1.29, 1.82) is 0 Å². The number of hydrogen-bond donors (Lipinski definition) is 0. The van der Waals surface area contributed by atoms with E-state index in [1.807, 2.05) is 49.4 Å². The van der Waals surface area contributed by atoms with Crippen molar-refractivity contribution in [3.05, 3.63) is 95.1 Å². The molecule has 0 bridgehead atoms. The first-order valence-electron chi connectivity index (χ1n) is 9.55. The van der Waals surface area contributed by atoms with Crippen molar-refractivity contribution < 1.29 is 18.3 Å². The number of methoxy groups -OCH3 is 1. The molecule has 0 aliphatic rings. The fourth-order valence-electron chi connectivity index (χ4n) is 3.27. The van der Waals surface area contributed by atoms with Gasteiger partial charge in [-0.2, -0.15) is 0 Å². The van der Waals surface area contributed by atoms with Gasteiger partial charge in [0.05, 0.1) is 13.7 Å². The number of nitrogens with zero attached hydrogens (tertiary/aromatic N) is 2. The quantitative estimate of drug-likeness (QED) is 0.447. The lowest BCUT2D eigenvalue weighted by atomic mass is 10.1. The lowest BCUT2D eigenvalue weighted by molar-refractivity contribution is 0.0715. The maximum absolute atomic E-state index is 13.7.